The second kappa shape index (κ2) is 4.18. The molecule has 0 N–H and O–H groups in total. The van der Waals surface area contributed by atoms with Crippen LogP contribution >= 0.6 is 11.6 Å². The van der Waals surface area contributed by atoms with Gasteiger partial charge in [-0.1, -0.05) is 30.7 Å². The Balaban J connectivity index is 2.82. The molecular weight excluding hydrogens is 168 g/mol. The molecule has 1 rings (SSSR count). The maximum Gasteiger partial charge on any atom is 0.0408 e. The third-order valence-electron chi connectivity index (χ3n) is 1.84. The lowest BCUT2D eigenvalue weighted by Crippen LogP contribution is -1.90. The van der Waals surface area contributed by atoms with Gasteiger partial charge >= 0.3 is 0 Å². The summed E-state index contributed by atoms with van der Waals surface area (Å²) in [6, 6.07) is 7.83. The van der Waals surface area contributed by atoms with Gasteiger partial charge in [-0.3, -0.25) is 0 Å². The van der Waals surface area contributed by atoms with Gasteiger partial charge in [0.25, 0.3) is 0 Å². The molecule has 1 aromatic rings. The fourth-order valence-electron chi connectivity index (χ4n) is 1.11. The van der Waals surface area contributed by atoms with Crippen LogP contribution in [0.5, 0.6) is 0 Å². The highest BCUT2D eigenvalue weighted by Gasteiger charge is 2.02. The van der Waals surface area contributed by atoms with Crippen molar-refractivity contribution in [2.24, 2.45) is 0 Å². The molecule has 0 saturated carbocycles. The molecule has 0 spiro atoms. The minimum Gasteiger partial charge on any atom is -0.120 e. The van der Waals surface area contributed by atoms with Crippen molar-refractivity contribution in [1.29, 1.82) is 0 Å². The van der Waals surface area contributed by atoms with E-state index in [2.05, 4.69) is 12.8 Å². The van der Waals surface area contributed by atoms with E-state index in [4.69, 9.17) is 18.0 Å². The number of hydrogen-bond donors (Lipinski definition) is 0. The van der Waals surface area contributed by atoms with Gasteiger partial charge in [0.05, 0.1) is 0 Å². The average Bonchev–Trinajstić information content (AvgIpc) is 2.05. The van der Waals surface area contributed by atoms with Gasteiger partial charge in [0, 0.05) is 11.4 Å². The van der Waals surface area contributed by atoms with E-state index in [-0.39, 0.29) is 0 Å². The Morgan fingerprint density at radius 1 is 1.58 bits per heavy atom. The van der Waals surface area contributed by atoms with Crippen LogP contribution in [0.25, 0.3) is 0 Å². The number of halogens is 1. The van der Waals surface area contributed by atoms with Crippen LogP contribution in [-0.4, -0.2) is 0 Å². The molecular formula is C11H11Cl. The molecule has 1 unspecified atom stereocenters. The van der Waals surface area contributed by atoms with Gasteiger partial charge in [0.15, 0.2) is 0 Å². The van der Waals surface area contributed by atoms with E-state index in [1.807, 2.05) is 24.3 Å². The second-order valence-electron chi connectivity index (χ2n) is 2.86. The highest BCUT2D eigenvalue weighted by molar-refractivity contribution is 6.30. The largest absolute Gasteiger partial charge is 0.120 e. The van der Waals surface area contributed by atoms with Crippen LogP contribution < -0.4 is 0 Å². The summed E-state index contributed by atoms with van der Waals surface area (Å²) in [6.07, 6.45) is 5.99. The van der Waals surface area contributed by atoms with E-state index in [9.17, 15) is 0 Å². The van der Waals surface area contributed by atoms with Crippen LogP contribution in [-0.2, 0) is 0 Å². The lowest BCUT2D eigenvalue weighted by molar-refractivity contribution is 0.796. The van der Waals surface area contributed by atoms with Gasteiger partial charge in [-0.2, -0.15) is 0 Å². The highest BCUT2D eigenvalue weighted by Crippen LogP contribution is 2.21. The summed E-state index contributed by atoms with van der Waals surface area (Å²) < 4.78 is 0. The van der Waals surface area contributed by atoms with Gasteiger partial charge in [0.1, 0.15) is 0 Å². The normalized spacial score (nSPS) is 12.1. The lowest BCUT2D eigenvalue weighted by Gasteiger charge is -2.07. The smallest absolute Gasteiger partial charge is 0.0408 e. The van der Waals surface area contributed by atoms with Crippen molar-refractivity contribution in [3.8, 4) is 12.3 Å². The average molecular weight is 179 g/mol. The second-order valence-corrected chi connectivity index (χ2v) is 3.30. The zero-order valence-electron chi connectivity index (χ0n) is 7.05. The summed E-state index contributed by atoms with van der Waals surface area (Å²) in [5.74, 6) is 3.04. The van der Waals surface area contributed by atoms with Crippen LogP contribution in [0.3, 0.4) is 0 Å². The molecule has 1 atom stereocenters. The Labute approximate surface area is 78.6 Å². The number of benzene rings is 1. The van der Waals surface area contributed by atoms with Crippen LogP contribution in [0.1, 0.15) is 24.8 Å². The molecule has 0 aliphatic rings. The first-order valence-corrected chi connectivity index (χ1v) is 4.30. The molecule has 0 heterocycles. The van der Waals surface area contributed by atoms with E-state index >= 15 is 0 Å². The third kappa shape index (κ3) is 2.29. The highest BCUT2D eigenvalue weighted by atomic mass is 35.5. The van der Waals surface area contributed by atoms with Crippen LogP contribution in [0.4, 0.5) is 0 Å². The molecule has 0 aromatic heterocycles. The molecule has 0 aliphatic heterocycles. The molecule has 0 amide bonds. The number of rotatable bonds is 2. The number of terminal acetylenes is 1. The summed E-state index contributed by atoms with van der Waals surface area (Å²) in [4.78, 5) is 0. The molecule has 0 radical (unpaired) electrons. The molecule has 0 fully saturated rings. The first-order valence-electron chi connectivity index (χ1n) is 3.93. The van der Waals surface area contributed by atoms with E-state index in [0.717, 1.165) is 11.4 Å². The minimum absolute atomic E-state index is 0.397. The van der Waals surface area contributed by atoms with Crippen LogP contribution in [0.15, 0.2) is 24.3 Å². The van der Waals surface area contributed by atoms with E-state index < -0.39 is 0 Å². The zero-order valence-corrected chi connectivity index (χ0v) is 7.81. The maximum absolute atomic E-state index is 5.84. The third-order valence-corrected chi connectivity index (χ3v) is 2.08. The molecule has 62 valence electrons. The van der Waals surface area contributed by atoms with Gasteiger partial charge in [-0.25, -0.2) is 0 Å². The van der Waals surface area contributed by atoms with Crippen molar-refractivity contribution in [3.63, 3.8) is 0 Å². The summed E-state index contributed by atoms with van der Waals surface area (Å²) in [5, 5.41) is 0.774. The Morgan fingerprint density at radius 3 is 2.92 bits per heavy atom. The first-order chi connectivity index (χ1) is 5.74. The fraction of sp³-hybridized carbons (Fsp3) is 0.273. The summed E-state index contributed by atoms with van der Waals surface area (Å²) in [6.45, 7) is 2.10. The first kappa shape index (κ1) is 9.16. The molecule has 0 bridgehead atoms. The standard InChI is InChI=1S/C11H11Cl/c1-3-5-9(2)10-6-4-7-11(12)8-10/h1,4,6-9H,5H2,2H3. The van der Waals surface area contributed by atoms with Crippen molar-refractivity contribution >= 4 is 11.6 Å². The Bertz CT molecular complexity index is 296. The molecule has 1 aromatic carbocycles. The van der Waals surface area contributed by atoms with Crippen molar-refractivity contribution in [2.75, 3.05) is 0 Å². The monoisotopic (exact) mass is 178 g/mol. The molecule has 12 heavy (non-hydrogen) atoms. The predicted molar refractivity (Wildman–Crippen MR) is 53.3 cm³/mol. The quantitative estimate of drug-likeness (QED) is 0.609. The van der Waals surface area contributed by atoms with E-state index in [1.54, 1.807) is 0 Å². The summed E-state index contributed by atoms with van der Waals surface area (Å²) in [7, 11) is 0. The molecule has 0 aliphatic carbocycles. The van der Waals surface area contributed by atoms with Crippen molar-refractivity contribution < 1.29 is 0 Å². The molecule has 0 nitrogen and oxygen atoms in total. The van der Waals surface area contributed by atoms with Crippen LogP contribution in [0.2, 0.25) is 5.02 Å². The summed E-state index contributed by atoms with van der Waals surface area (Å²) in [5.41, 5.74) is 1.21. The Morgan fingerprint density at radius 2 is 2.33 bits per heavy atom. The van der Waals surface area contributed by atoms with Gasteiger partial charge in [0.2, 0.25) is 0 Å². The fourth-order valence-corrected chi connectivity index (χ4v) is 1.31. The van der Waals surface area contributed by atoms with Gasteiger partial charge in [-0.05, 0) is 23.6 Å². The maximum atomic E-state index is 5.84. The Kier molecular flexibility index (Phi) is 3.19. The van der Waals surface area contributed by atoms with E-state index in [0.29, 0.717) is 5.92 Å². The SMILES string of the molecule is C#CCC(C)c1cccc(Cl)c1. The topological polar surface area (TPSA) is 0 Å². The predicted octanol–water partition coefficient (Wildman–Crippen LogP) is 3.47. The van der Waals surface area contributed by atoms with E-state index in [1.165, 1.54) is 5.56 Å². The van der Waals surface area contributed by atoms with Crippen molar-refractivity contribution in [1.82, 2.24) is 0 Å². The summed E-state index contributed by atoms with van der Waals surface area (Å²) >= 11 is 5.84. The molecule has 1 heteroatoms. The van der Waals surface area contributed by atoms with Crippen LogP contribution in [0, 0.1) is 12.3 Å². The van der Waals surface area contributed by atoms with Crippen molar-refractivity contribution in [2.45, 2.75) is 19.3 Å². The van der Waals surface area contributed by atoms with Crippen molar-refractivity contribution in [3.05, 3.63) is 34.9 Å². The Hall–Kier alpha value is -0.930. The van der Waals surface area contributed by atoms with Gasteiger partial charge < -0.3 is 0 Å². The minimum atomic E-state index is 0.397. The lowest BCUT2D eigenvalue weighted by atomic mass is 9.98. The zero-order chi connectivity index (χ0) is 8.97. The van der Waals surface area contributed by atoms with Gasteiger partial charge in [-0.15, -0.1) is 12.3 Å². The molecule has 0 saturated heterocycles. The number of hydrogen-bond acceptors (Lipinski definition) is 0.